The zero-order valence-electron chi connectivity index (χ0n) is 15.9. The largest absolute Gasteiger partial charge is 0.311 e. The van der Waals surface area contributed by atoms with Crippen LogP contribution in [0.1, 0.15) is 24.1 Å². The van der Waals surface area contributed by atoms with E-state index >= 15 is 0 Å². The molecule has 0 bridgehead atoms. The second-order valence-corrected chi connectivity index (χ2v) is 8.81. The summed E-state index contributed by atoms with van der Waals surface area (Å²) in [6.45, 7) is 3.76. The van der Waals surface area contributed by atoms with Gasteiger partial charge in [0.1, 0.15) is 5.82 Å². The standard InChI is InChI=1S/C21H23N3O3S/c1-16-10-12-19(13-11-16)28(26,27)14-6-9-21(25)22-20-15-17(2)23-24(20)18-7-4-3-5-8-18/h3-5,7-8,10-13,15H,6,9,14H2,1-2H3,(H,22,25). The summed E-state index contributed by atoms with van der Waals surface area (Å²) in [5, 5.41) is 7.24. The Balaban J connectivity index is 1.60. The first-order valence-electron chi connectivity index (χ1n) is 9.06. The molecule has 0 aliphatic heterocycles. The van der Waals surface area contributed by atoms with E-state index in [0.29, 0.717) is 5.82 Å². The topological polar surface area (TPSA) is 81.1 Å². The highest BCUT2D eigenvalue weighted by Gasteiger charge is 2.16. The van der Waals surface area contributed by atoms with Crippen LogP contribution in [0.3, 0.4) is 0 Å². The summed E-state index contributed by atoms with van der Waals surface area (Å²) in [4.78, 5) is 12.6. The van der Waals surface area contributed by atoms with Crippen molar-refractivity contribution < 1.29 is 13.2 Å². The molecule has 0 unspecified atom stereocenters. The number of sulfone groups is 1. The highest BCUT2D eigenvalue weighted by molar-refractivity contribution is 7.91. The van der Waals surface area contributed by atoms with Crippen molar-refractivity contribution >= 4 is 21.6 Å². The smallest absolute Gasteiger partial charge is 0.225 e. The summed E-state index contributed by atoms with van der Waals surface area (Å²) < 4.78 is 26.4. The number of amides is 1. The van der Waals surface area contributed by atoms with Crippen molar-refractivity contribution in [1.82, 2.24) is 9.78 Å². The molecule has 0 aliphatic rings. The maximum absolute atomic E-state index is 12.4. The van der Waals surface area contributed by atoms with Gasteiger partial charge >= 0.3 is 0 Å². The van der Waals surface area contributed by atoms with Crippen LogP contribution in [0.4, 0.5) is 5.82 Å². The summed E-state index contributed by atoms with van der Waals surface area (Å²) >= 11 is 0. The van der Waals surface area contributed by atoms with Crippen LogP contribution in [-0.4, -0.2) is 29.9 Å². The molecule has 7 heteroatoms. The maximum atomic E-state index is 12.4. The Morgan fingerprint density at radius 3 is 2.39 bits per heavy atom. The molecule has 1 N–H and O–H groups in total. The summed E-state index contributed by atoms with van der Waals surface area (Å²) in [7, 11) is -3.39. The van der Waals surface area contributed by atoms with Gasteiger partial charge in [-0.25, -0.2) is 13.1 Å². The highest BCUT2D eigenvalue weighted by atomic mass is 32.2. The molecule has 1 heterocycles. The highest BCUT2D eigenvalue weighted by Crippen LogP contribution is 2.18. The first-order chi connectivity index (χ1) is 13.3. The van der Waals surface area contributed by atoms with Gasteiger partial charge in [0.05, 0.1) is 22.0 Å². The van der Waals surface area contributed by atoms with Gasteiger partial charge < -0.3 is 5.32 Å². The normalized spacial score (nSPS) is 11.4. The number of hydrogen-bond donors (Lipinski definition) is 1. The molecule has 0 saturated carbocycles. The van der Waals surface area contributed by atoms with Crippen molar-refractivity contribution in [2.75, 3.05) is 11.1 Å². The number of aryl methyl sites for hydroxylation is 2. The zero-order chi connectivity index (χ0) is 20.1. The summed E-state index contributed by atoms with van der Waals surface area (Å²) in [5.74, 6) is 0.256. The van der Waals surface area contributed by atoms with E-state index in [1.54, 1.807) is 35.0 Å². The SMILES string of the molecule is Cc1ccc(S(=O)(=O)CCCC(=O)Nc2cc(C)nn2-c2ccccc2)cc1. The predicted octanol–water partition coefficient (Wildman–Crippen LogP) is 3.68. The lowest BCUT2D eigenvalue weighted by Gasteiger charge is -2.09. The first kappa shape index (κ1) is 19.8. The van der Waals surface area contributed by atoms with E-state index in [0.717, 1.165) is 16.9 Å². The number of rotatable bonds is 7. The Hall–Kier alpha value is -2.93. The average molecular weight is 398 g/mol. The Morgan fingerprint density at radius 1 is 1.04 bits per heavy atom. The van der Waals surface area contributed by atoms with Gasteiger partial charge in [0.2, 0.25) is 5.91 Å². The van der Waals surface area contributed by atoms with Crippen molar-refractivity contribution in [2.45, 2.75) is 31.6 Å². The number of nitrogens with zero attached hydrogens (tertiary/aromatic N) is 2. The fourth-order valence-corrected chi connectivity index (χ4v) is 4.16. The number of para-hydroxylation sites is 1. The number of nitrogens with one attached hydrogen (secondary N) is 1. The molecule has 0 radical (unpaired) electrons. The molecule has 1 aromatic heterocycles. The molecular weight excluding hydrogens is 374 g/mol. The number of carbonyl (C=O) groups is 1. The molecule has 0 spiro atoms. The fraction of sp³-hybridized carbons (Fsp3) is 0.238. The molecule has 0 atom stereocenters. The summed E-state index contributed by atoms with van der Waals surface area (Å²) in [6.07, 6.45) is 0.366. The number of benzene rings is 2. The number of hydrogen-bond acceptors (Lipinski definition) is 4. The molecule has 1 amide bonds. The second kappa shape index (κ2) is 8.39. The van der Waals surface area contributed by atoms with Crippen LogP contribution >= 0.6 is 0 Å². The van der Waals surface area contributed by atoms with Crippen molar-refractivity contribution in [3.8, 4) is 5.69 Å². The van der Waals surface area contributed by atoms with Gasteiger partial charge in [-0.3, -0.25) is 4.79 Å². The lowest BCUT2D eigenvalue weighted by molar-refractivity contribution is -0.116. The van der Waals surface area contributed by atoms with Crippen LogP contribution in [0.25, 0.3) is 5.69 Å². The van der Waals surface area contributed by atoms with E-state index in [-0.39, 0.29) is 29.4 Å². The van der Waals surface area contributed by atoms with Crippen molar-refractivity contribution in [1.29, 1.82) is 0 Å². The molecule has 28 heavy (non-hydrogen) atoms. The predicted molar refractivity (Wildman–Crippen MR) is 109 cm³/mol. The molecule has 0 aliphatic carbocycles. The second-order valence-electron chi connectivity index (χ2n) is 6.70. The lowest BCUT2D eigenvalue weighted by atomic mass is 10.2. The molecule has 3 aromatic rings. The van der Waals surface area contributed by atoms with Gasteiger partial charge in [-0.05, 0) is 44.5 Å². The number of anilines is 1. The van der Waals surface area contributed by atoms with Crippen LogP contribution in [0.5, 0.6) is 0 Å². The Labute approximate surface area is 165 Å². The van der Waals surface area contributed by atoms with Crippen LogP contribution in [-0.2, 0) is 14.6 Å². The third kappa shape index (κ3) is 4.86. The van der Waals surface area contributed by atoms with Crippen molar-refractivity contribution in [3.05, 3.63) is 71.9 Å². The summed E-state index contributed by atoms with van der Waals surface area (Å²) in [5.41, 5.74) is 2.62. The van der Waals surface area contributed by atoms with Gasteiger partial charge in [0.25, 0.3) is 0 Å². The molecule has 6 nitrogen and oxygen atoms in total. The Morgan fingerprint density at radius 2 is 1.71 bits per heavy atom. The van der Waals surface area contributed by atoms with E-state index in [2.05, 4.69) is 10.4 Å². The first-order valence-corrected chi connectivity index (χ1v) is 10.7. The van der Waals surface area contributed by atoms with E-state index in [4.69, 9.17) is 0 Å². The van der Waals surface area contributed by atoms with E-state index in [1.165, 1.54) is 0 Å². The Kier molecular flexibility index (Phi) is 5.94. The lowest BCUT2D eigenvalue weighted by Crippen LogP contribution is -2.16. The molecular formula is C21H23N3O3S. The number of aromatic nitrogens is 2. The molecule has 3 rings (SSSR count). The monoisotopic (exact) mass is 397 g/mol. The van der Waals surface area contributed by atoms with E-state index in [9.17, 15) is 13.2 Å². The van der Waals surface area contributed by atoms with Crippen LogP contribution in [0, 0.1) is 13.8 Å². The van der Waals surface area contributed by atoms with Gasteiger partial charge in [-0.1, -0.05) is 35.9 Å². The molecule has 0 saturated heterocycles. The van der Waals surface area contributed by atoms with Gasteiger partial charge in [-0.2, -0.15) is 5.10 Å². The molecule has 2 aromatic carbocycles. The molecule has 146 valence electrons. The maximum Gasteiger partial charge on any atom is 0.225 e. The van der Waals surface area contributed by atoms with Gasteiger partial charge in [0, 0.05) is 12.5 Å². The van der Waals surface area contributed by atoms with Crippen LogP contribution in [0.2, 0.25) is 0 Å². The van der Waals surface area contributed by atoms with Crippen molar-refractivity contribution in [2.24, 2.45) is 0 Å². The fourth-order valence-electron chi connectivity index (χ4n) is 2.85. The Bertz CT molecular complexity index is 1060. The third-order valence-corrected chi connectivity index (χ3v) is 6.11. The van der Waals surface area contributed by atoms with Gasteiger partial charge in [0.15, 0.2) is 9.84 Å². The average Bonchev–Trinajstić information content (AvgIpc) is 3.02. The molecule has 0 fully saturated rings. The van der Waals surface area contributed by atoms with E-state index < -0.39 is 9.84 Å². The zero-order valence-corrected chi connectivity index (χ0v) is 16.7. The minimum atomic E-state index is -3.39. The summed E-state index contributed by atoms with van der Waals surface area (Å²) in [6, 6.07) is 18.0. The number of carbonyl (C=O) groups excluding carboxylic acids is 1. The minimum absolute atomic E-state index is 0.0690. The van der Waals surface area contributed by atoms with Crippen LogP contribution < -0.4 is 5.32 Å². The van der Waals surface area contributed by atoms with Crippen LogP contribution in [0.15, 0.2) is 65.6 Å². The van der Waals surface area contributed by atoms with Crippen molar-refractivity contribution in [3.63, 3.8) is 0 Å². The van der Waals surface area contributed by atoms with E-state index in [1.807, 2.05) is 44.2 Å². The third-order valence-electron chi connectivity index (χ3n) is 4.30. The quantitative estimate of drug-likeness (QED) is 0.659. The minimum Gasteiger partial charge on any atom is -0.311 e. The van der Waals surface area contributed by atoms with Gasteiger partial charge in [-0.15, -0.1) is 0 Å².